The van der Waals surface area contributed by atoms with Crippen LogP contribution in [0.1, 0.15) is 34.8 Å². The summed E-state index contributed by atoms with van der Waals surface area (Å²) in [7, 11) is 1.89. The highest BCUT2D eigenvalue weighted by Crippen LogP contribution is 2.30. The number of carbonyl (C=O) groups is 1. The lowest BCUT2D eigenvalue weighted by Gasteiger charge is -2.31. The molecular formula is C23H30N4O2S. The lowest BCUT2D eigenvalue weighted by Crippen LogP contribution is -2.37. The van der Waals surface area contributed by atoms with Crippen LogP contribution >= 0.6 is 11.3 Å². The summed E-state index contributed by atoms with van der Waals surface area (Å²) in [6, 6.07) is 10.4. The van der Waals surface area contributed by atoms with Gasteiger partial charge in [-0.25, -0.2) is 0 Å². The summed E-state index contributed by atoms with van der Waals surface area (Å²) in [6.07, 6.45) is 0. The van der Waals surface area contributed by atoms with Crippen LogP contribution in [0.25, 0.3) is 10.2 Å². The maximum Gasteiger partial charge on any atom is 0.264 e. The van der Waals surface area contributed by atoms with E-state index < -0.39 is 0 Å². The molecule has 0 N–H and O–H groups in total. The van der Waals surface area contributed by atoms with Crippen LogP contribution in [0.2, 0.25) is 0 Å². The van der Waals surface area contributed by atoms with E-state index in [4.69, 9.17) is 4.74 Å². The van der Waals surface area contributed by atoms with E-state index in [0.29, 0.717) is 12.5 Å². The van der Waals surface area contributed by atoms with E-state index in [1.54, 1.807) is 11.3 Å². The maximum absolute atomic E-state index is 13.2. The molecule has 1 aliphatic heterocycles. The SMILES string of the molecule is Cc1nn(CC(C)C)c2sc(C(=O)N(C)Cc3ccccc3N3CCOCC3)cc12. The number of carbonyl (C=O) groups excluding carboxylic acids is 1. The van der Waals surface area contributed by atoms with Gasteiger partial charge in [0.1, 0.15) is 4.83 Å². The van der Waals surface area contributed by atoms with Gasteiger partial charge < -0.3 is 14.5 Å². The minimum atomic E-state index is 0.0588. The number of thiophene rings is 1. The zero-order chi connectivity index (χ0) is 21.3. The summed E-state index contributed by atoms with van der Waals surface area (Å²) in [5, 5.41) is 5.74. The predicted molar refractivity (Wildman–Crippen MR) is 122 cm³/mol. The third-order valence-corrected chi connectivity index (χ3v) is 6.59. The molecule has 3 aromatic rings. The van der Waals surface area contributed by atoms with Gasteiger partial charge >= 0.3 is 0 Å². The second-order valence-corrected chi connectivity index (χ2v) is 9.41. The molecule has 1 amide bonds. The van der Waals surface area contributed by atoms with Crippen molar-refractivity contribution in [3.05, 3.63) is 46.5 Å². The van der Waals surface area contributed by atoms with Gasteiger partial charge in [-0.05, 0) is 30.5 Å². The number of aryl methyl sites for hydroxylation is 1. The van der Waals surface area contributed by atoms with E-state index in [0.717, 1.165) is 53.6 Å². The van der Waals surface area contributed by atoms with E-state index in [1.165, 1.54) is 11.3 Å². The molecule has 1 aromatic carbocycles. The van der Waals surface area contributed by atoms with Gasteiger partial charge in [0, 0.05) is 44.3 Å². The van der Waals surface area contributed by atoms with E-state index in [1.807, 2.05) is 35.7 Å². The lowest BCUT2D eigenvalue weighted by molar-refractivity contribution is 0.0789. The van der Waals surface area contributed by atoms with Crippen molar-refractivity contribution < 1.29 is 9.53 Å². The van der Waals surface area contributed by atoms with E-state index in [-0.39, 0.29) is 5.91 Å². The number of hydrogen-bond acceptors (Lipinski definition) is 5. The monoisotopic (exact) mass is 426 g/mol. The van der Waals surface area contributed by atoms with Crippen LogP contribution in [0.15, 0.2) is 30.3 Å². The summed E-state index contributed by atoms with van der Waals surface area (Å²) >= 11 is 1.55. The normalized spacial score (nSPS) is 14.6. The van der Waals surface area contributed by atoms with Crippen molar-refractivity contribution >= 4 is 33.1 Å². The molecule has 3 heterocycles. The maximum atomic E-state index is 13.2. The van der Waals surface area contributed by atoms with Gasteiger partial charge in [-0.15, -0.1) is 11.3 Å². The van der Waals surface area contributed by atoms with Crippen LogP contribution in [0.4, 0.5) is 5.69 Å². The Kier molecular flexibility index (Phi) is 6.11. The Bertz CT molecular complexity index is 1030. The van der Waals surface area contributed by atoms with Crippen molar-refractivity contribution in [1.29, 1.82) is 0 Å². The second-order valence-electron chi connectivity index (χ2n) is 8.38. The largest absolute Gasteiger partial charge is 0.378 e. The third kappa shape index (κ3) is 4.23. The van der Waals surface area contributed by atoms with E-state index in [2.05, 4.69) is 42.0 Å². The minimum absolute atomic E-state index is 0.0588. The third-order valence-electron chi connectivity index (χ3n) is 5.45. The van der Waals surface area contributed by atoms with Crippen LogP contribution < -0.4 is 4.90 Å². The Balaban J connectivity index is 1.55. The van der Waals surface area contributed by atoms with Gasteiger partial charge in [0.25, 0.3) is 5.91 Å². The van der Waals surface area contributed by atoms with Crippen molar-refractivity contribution in [2.75, 3.05) is 38.3 Å². The van der Waals surface area contributed by atoms with Crippen LogP contribution in [0.5, 0.6) is 0 Å². The summed E-state index contributed by atoms with van der Waals surface area (Å²) < 4.78 is 7.54. The highest BCUT2D eigenvalue weighted by Gasteiger charge is 2.21. The number of hydrogen-bond donors (Lipinski definition) is 0. The molecule has 160 valence electrons. The summed E-state index contributed by atoms with van der Waals surface area (Å²) in [5.74, 6) is 0.566. The smallest absolute Gasteiger partial charge is 0.264 e. The number of morpholine rings is 1. The van der Waals surface area contributed by atoms with E-state index >= 15 is 0 Å². The summed E-state index contributed by atoms with van der Waals surface area (Å²) in [5.41, 5.74) is 3.35. The van der Waals surface area contributed by atoms with Crippen molar-refractivity contribution in [2.24, 2.45) is 5.92 Å². The van der Waals surface area contributed by atoms with Gasteiger partial charge in [-0.2, -0.15) is 5.10 Å². The van der Waals surface area contributed by atoms with Gasteiger partial charge in [0.05, 0.1) is 23.8 Å². The number of anilines is 1. The first-order chi connectivity index (χ1) is 14.4. The van der Waals surface area contributed by atoms with Gasteiger partial charge in [-0.1, -0.05) is 32.0 Å². The second kappa shape index (κ2) is 8.78. The number of aromatic nitrogens is 2. The number of rotatable bonds is 6. The average Bonchev–Trinajstić information content (AvgIpc) is 3.29. The quantitative estimate of drug-likeness (QED) is 0.594. The molecule has 0 saturated carbocycles. The molecule has 1 saturated heterocycles. The summed E-state index contributed by atoms with van der Waals surface area (Å²) in [4.78, 5) is 19.3. The molecule has 0 unspecified atom stereocenters. The molecule has 0 aliphatic carbocycles. The molecule has 1 fully saturated rings. The van der Waals surface area contributed by atoms with Gasteiger partial charge in [-0.3, -0.25) is 9.48 Å². The topological polar surface area (TPSA) is 50.6 Å². The Labute approximate surface area is 182 Å². The zero-order valence-corrected chi connectivity index (χ0v) is 19.0. The van der Waals surface area contributed by atoms with Crippen LogP contribution in [-0.4, -0.2) is 53.9 Å². The molecule has 30 heavy (non-hydrogen) atoms. The number of para-hydroxylation sites is 1. The highest BCUT2D eigenvalue weighted by atomic mass is 32.1. The minimum Gasteiger partial charge on any atom is -0.378 e. The van der Waals surface area contributed by atoms with E-state index in [9.17, 15) is 4.79 Å². The Hall–Kier alpha value is -2.38. The van der Waals surface area contributed by atoms with Gasteiger partial charge in [0.2, 0.25) is 0 Å². The molecule has 2 aromatic heterocycles. The van der Waals surface area contributed by atoms with Crippen molar-refractivity contribution in [2.45, 2.75) is 33.9 Å². The van der Waals surface area contributed by atoms with Crippen LogP contribution in [0.3, 0.4) is 0 Å². The molecule has 7 heteroatoms. The first-order valence-corrected chi connectivity index (χ1v) is 11.4. The molecule has 4 rings (SSSR count). The summed E-state index contributed by atoms with van der Waals surface area (Å²) in [6.45, 7) is 11.1. The fourth-order valence-corrected chi connectivity index (χ4v) is 5.13. The number of amides is 1. The number of benzene rings is 1. The number of nitrogens with zero attached hydrogens (tertiary/aromatic N) is 4. The highest BCUT2D eigenvalue weighted by molar-refractivity contribution is 7.20. The molecule has 0 spiro atoms. The van der Waals surface area contributed by atoms with Crippen LogP contribution in [-0.2, 0) is 17.8 Å². The Morgan fingerprint density at radius 1 is 1.27 bits per heavy atom. The standard InChI is InChI=1S/C23H30N4O2S/c1-16(2)14-27-23-19(17(3)24-27)13-21(30-23)22(28)25(4)15-18-7-5-6-8-20(18)26-9-11-29-12-10-26/h5-8,13,16H,9-12,14-15H2,1-4H3. The predicted octanol–water partition coefficient (Wildman–Crippen LogP) is 4.17. The van der Waals surface area contributed by atoms with Crippen molar-refractivity contribution in [3.63, 3.8) is 0 Å². The zero-order valence-electron chi connectivity index (χ0n) is 18.2. The average molecular weight is 427 g/mol. The first-order valence-electron chi connectivity index (χ1n) is 10.6. The van der Waals surface area contributed by atoms with Crippen LogP contribution in [0, 0.1) is 12.8 Å². The Morgan fingerprint density at radius 2 is 2.00 bits per heavy atom. The number of fused-ring (bicyclic) bond motifs is 1. The fraction of sp³-hybridized carbons (Fsp3) is 0.478. The molecular weight excluding hydrogens is 396 g/mol. The molecule has 0 bridgehead atoms. The molecule has 0 atom stereocenters. The molecule has 1 aliphatic rings. The fourth-order valence-electron chi connectivity index (χ4n) is 3.96. The lowest BCUT2D eigenvalue weighted by atomic mass is 10.1. The molecule has 0 radical (unpaired) electrons. The molecule has 6 nitrogen and oxygen atoms in total. The Morgan fingerprint density at radius 3 is 2.73 bits per heavy atom. The van der Waals surface area contributed by atoms with Crippen molar-refractivity contribution in [3.8, 4) is 0 Å². The number of ether oxygens (including phenoxy) is 1. The first kappa shape index (κ1) is 20.9. The van der Waals surface area contributed by atoms with Gasteiger partial charge in [0.15, 0.2) is 0 Å². The van der Waals surface area contributed by atoms with Crippen molar-refractivity contribution in [1.82, 2.24) is 14.7 Å².